The Bertz CT molecular complexity index is 937. The summed E-state index contributed by atoms with van der Waals surface area (Å²) in [4.78, 5) is 33.3. The van der Waals surface area contributed by atoms with Gasteiger partial charge in [0.05, 0.1) is 22.0 Å². The molecule has 0 fully saturated rings. The third-order valence-corrected chi connectivity index (χ3v) is 4.87. The van der Waals surface area contributed by atoms with E-state index in [1.807, 2.05) is 12.1 Å². The lowest BCUT2D eigenvalue weighted by Crippen LogP contribution is -2.19. The van der Waals surface area contributed by atoms with Crippen LogP contribution in [0.15, 0.2) is 33.4 Å². The van der Waals surface area contributed by atoms with Crippen molar-refractivity contribution in [2.75, 3.05) is 16.8 Å². The van der Waals surface area contributed by atoms with Crippen molar-refractivity contribution in [2.24, 2.45) is 0 Å². The molecule has 0 saturated carbocycles. The molecule has 5 N–H and O–H groups in total. The third-order valence-electron chi connectivity index (χ3n) is 2.71. The molecular weight excluding hydrogens is 338 g/mol. The number of hydrogen-bond donors (Lipinski definition) is 4. The van der Waals surface area contributed by atoms with Gasteiger partial charge in [0.1, 0.15) is 0 Å². The number of benzene rings is 1. The Balaban J connectivity index is 1.64. The first-order chi connectivity index (χ1) is 11.0. The van der Waals surface area contributed by atoms with Crippen LogP contribution < -0.4 is 16.6 Å². The molecule has 3 rings (SSSR count). The number of aromatic amines is 1. The van der Waals surface area contributed by atoms with E-state index in [0.717, 1.165) is 20.6 Å². The summed E-state index contributed by atoms with van der Waals surface area (Å²) >= 11 is 2.70. The SMILES string of the molecule is Nc1ccc2nc(SCC(=O)Nc3nc(O)cc(=O)[nH]3)sc2c1. The summed E-state index contributed by atoms with van der Waals surface area (Å²) in [6.45, 7) is 0. The molecule has 23 heavy (non-hydrogen) atoms. The summed E-state index contributed by atoms with van der Waals surface area (Å²) in [5, 5.41) is 11.6. The van der Waals surface area contributed by atoms with Crippen LogP contribution in [0.1, 0.15) is 0 Å². The zero-order valence-electron chi connectivity index (χ0n) is 11.6. The largest absolute Gasteiger partial charge is 0.493 e. The van der Waals surface area contributed by atoms with Crippen LogP contribution in [0.5, 0.6) is 5.88 Å². The van der Waals surface area contributed by atoms with Crippen LogP contribution >= 0.6 is 23.1 Å². The van der Waals surface area contributed by atoms with E-state index in [-0.39, 0.29) is 17.6 Å². The van der Waals surface area contributed by atoms with Crippen molar-refractivity contribution in [3.05, 3.63) is 34.6 Å². The number of nitrogens with two attached hydrogens (primary N) is 1. The van der Waals surface area contributed by atoms with Crippen molar-refractivity contribution in [3.8, 4) is 5.88 Å². The van der Waals surface area contributed by atoms with Gasteiger partial charge in [-0.3, -0.25) is 19.9 Å². The Morgan fingerprint density at radius 3 is 3.00 bits per heavy atom. The Kier molecular flexibility index (Phi) is 4.17. The van der Waals surface area contributed by atoms with Crippen molar-refractivity contribution < 1.29 is 9.90 Å². The van der Waals surface area contributed by atoms with E-state index in [2.05, 4.69) is 20.3 Å². The molecule has 0 radical (unpaired) electrons. The van der Waals surface area contributed by atoms with Gasteiger partial charge >= 0.3 is 0 Å². The minimum Gasteiger partial charge on any atom is -0.493 e. The maximum Gasteiger partial charge on any atom is 0.256 e. The van der Waals surface area contributed by atoms with E-state index in [1.165, 1.54) is 23.1 Å². The normalized spacial score (nSPS) is 10.8. The number of H-pyrrole nitrogens is 1. The molecule has 2 heterocycles. The zero-order chi connectivity index (χ0) is 16.4. The van der Waals surface area contributed by atoms with Crippen LogP contribution in [0.4, 0.5) is 11.6 Å². The number of nitrogen functional groups attached to an aromatic ring is 1. The molecule has 1 amide bonds. The van der Waals surface area contributed by atoms with Crippen molar-refractivity contribution in [1.29, 1.82) is 0 Å². The second-order valence-corrected chi connectivity index (χ2v) is 6.75. The smallest absolute Gasteiger partial charge is 0.256 e. The predicted octanol–water partition coefficient (Wildman–Crippen LogP) is 1.40. The molecule has 8 nitrogen and oxygen atoms in total. The van der Waals surface area contributed by atoms with Crippen LogP contribution in [-0.4, -0.2) is 31.7 Å². The number of carbonyl (C=O) groups is 1. The molecule has 0 aliphatic heterocycles. The number of nitrogens with zero attached hydrogens (tertiary/aromatic N) is 2. The minimum absolute atomic E-state index is 0.0919. The lowest BCUT2D eigenvalue weighted by atomic mass is 10.3. The van der Waals surface area contributed by atoms with Gasteiger partial charge in [-0.05, 0) is 18.2 Å². The van der Waals surface area contributed by atoms with Gasteiger partial charge in [0.15, 0.2) is 4.34 Å². The predicted molar refractivity (Wildman–Crippen MR) is 89.9 cm³/mol. The number of carbonyl (C=O) groups excluding carboxylic acids is 1. The van der Waals surface area contributed by atoms with Gasteiger partial charge < -0.3 is 10.8 Å². The average Bonchev–Trinajstić information content (AvgIpc) is 2.86. The topological polar surface area (TPSA) is 134 Å². The monoisotopic (exact) mass is 349 g/mol. The molecule has 1 aromatic carbocycles. The highest BCUT2D eigenvalue weighted by Crippen LogP contribution is 2.30. The summed E-state index contributed by atoms with van der Waals surface area (Å²) in [7, 11) is 0. The number of amides is 1. The fraction of sp³-hybridized carbons (Fsp3) is 0.0769. The van der Waals surface area contributed by atoms with E-state index in [4.69, 9.17) is 5.73 Å². The standard InChI is InChI=1S/C13H11N5O3S2/c14-6-1-2-7-8(3-6)23-13(15-7)22-5-11(21)18-12-16-9(19)4-10(20)17-12/h1-4H,5,14H2,(H3,16,17,18,19,20,21). The second kappa shape index (κ2) is 6.26. The zero-order valence-corrected chi connectivity index (χ0v) is 13.2. The van der Waals surface area contributed by atoms with Crippen molar-refractivity contribution in [1.82, 2.24) is 15.0 Å². The highest BCUT2D eigenvalue weighted by atomic mass is 32.2. The van der Waals surface area contributed by atoms with Crippen LogP contribution in [0.3, 0.4) is 0 Å². The molecular formula is C13H11N5O3S2. The number of thioether (sulfide) groups is 1. The molecule has 10 heteroatoms. The maximum absolute atomic E-state index is 11.9. The first kappa shape index (κ1) is 15.3. The first-order valence-corrected chi connectivity index (χ1v) is 8.19. The maximum atomic E-state index is 11.9. The number of aromatic nitrogens is 3. The summed E-state index contributed by atoms with van der Waals surface area (Å²) in [6.07, 6.45) is 0. The van der Waals surface area contributed by atoms with Crippen LogP contribution in [0, 0.1) is 0 Å². The van der Waals surface area contributed by atoms with Gasteiger partial charge in [-0.25, -0.2) is 4.98 Å². The number of rotatable bonds is 4. The summed E-state index contributed by atoms with van der Waals surface area (Å²) in [5.74, 6) is -0.838. The second-order valence-electron chi connectivity index (χ2n) is 4.50. The van der Waals surface area contributed by atoms with Crippen molar-refractivity contribution in [3.63, 3.8) is 0 Å². The van der Waals surface area contributed by atoms with Gasteiger partial charge in [0.2, 0.25) is 17.7 Å². The fourth-order valence-electron chi connectivity index (χ4n) is 1.78. The van der Waals surface area contributed by atoms with Gasteiger partial charge in [-0.2, -0.15) is 4.98 Å². The molecule has 3 aromatic rings. The lowest BCUT2D eigenvalue weighted by molar-refractivity contribution is -0.113. The molecule has 118 valence electrons. The molecule has 0 spiro atoms. The number of nitrogens with one attached hydrogen (secondary N) is 2. The molecule has 0 unspecified atom stereocenters. The molecule has 0 bridgehead atoms. The van der Waals surface area contributed by atoms with Crippen molar-refractivity contribution >= 4 is 50.9 Å². The highest BCUT2D eigenvalue weighted by molar-refractivity contribution is 8.01. The van der Waals surface area contributed by atoms with Crippen LogP contribution in [0.2, 0.25) is 0 Å². The highest BCUT2D eigenvalue weighted by Gasteiger charge is 2.10. The Labute approximate surface area is 137 Å². The Hall–Kier alpha value is -2.59. The molecule has 2 aromatic heterocycles. The summed E-state index contributed by atoms with van der Waals surface area (Å²) < 4.78 is 1.69. The van der Waals surface area contributed by atoms with E-state index < -0.39 is 11.4 Å². The molecule has 0 aliphatic rings. The van der Waals surface area contributed by atoms with Gasteiger partial charge in [-0.1, -0.05) is 11.8 Å². The summed E-state index contributed by atoms with van der Waals surface area (Å²) in [6, 6.07) is 6.34. The Morgan fingerprint density at radius 1 is 1.39 bits per heavy atom. The van der Waals surface area contributed by atoms with Crippen LogP contribution in [-0.2, 0) is 4.79 Å². The fourth-order valence-corrected chi connectivity index (χ4v) is 3.70. The van der Waals surface area contributed by atoms with Gasteiger partial charge in [-0.15, -0.1) is 11.3 Å². The van der Waals surface area contributed by atoms with Crippen molar-refractivity contribution in [2.45, 2.75) is 4.34 Å². The third kappa shape index (κ3) is 3.79. The molecule has 0 saturated heterocycles. The number of fused-ring (bicyclic) bond motifs is 1. The number of aromatic hydroxyl groups is 1. The Morgan fingerprint density at radius 2 is 2.22 bits per heavy atom. The summed E-state index contributed by atoms with van der Waals surface area (Å²) in [5.41, 5.74) is 6.65. The molecule has 0 atom stereocenters. The number of thiazole rings is 1. The van der Waals surface area contributed by atoms with E-state index in [0.29, 0.717) is 5.69 Å². The van der Waals surface area contributed by atoms with E-state index in [9.17, 15) is 14.7 Å². The minimum atomic E-state index is -0.552. The van der Waals surface area contributed by atoms with Crippen LogP contribution in [0.25, 0.3) is 10.2 Å². The van der Waals surface area contributed by atoms with E-state index >= 15 is 0 Å². The number of anilines is 2. The lowest BCUT2D eigenvalue weighted by Gasteiger charge is -2.02. The first-order valence-electron chi connectivity index (χ1n) is 6.38. The van der Waals surface area contributed by atoms with E-state index in [1.54, 1.807) is 6.07 Å². The quantitative estimate of drug-likeness (QED) is 0.413. The average molecular weight is 349 g/mol. The van der Waals surface area contributed by atoms with Gasteiger partial charge in [0.25, 0.3) is 5.56 Å². The molecule has 0 aliphatic carbocycles. The number of hydrogen-bond acceptors (Lipinski definition) is 8. The van der Waals surface area contributed by atoms with Gasteiger partial charge in [0, 0.05) is 5.69 Å².